The standard InChI is InChI=1S/C19H24FN3O3S/c1-3-26-13-16-12-21-14(2)22-19(16)15-8-10-23(11-9-15)27(24,25)18-7-5-4-6-17(18)20/h4-7,12,15H,3,8-11,13H2,1-2H3. The summed E-state index contributed by atoms with van der Waals surface area (Å²) in [5, 5.41) is 0. The number of halogens is 1. The summed E-state index contributed by atoms with van der Waals surface area (Å²) >= 11 is 0. The van der Waals surface area contributed by atoms with E-state index in [9.17, 15) is 12.8 Å². The number of ether oxygens (including phenoxy) is 1. The lowest BCUT2D eigenvalue weighted by molar-refractivity contribution is 0.132. The molecule has 146 valence electrons. The summed E-state index contributed by atoms with van der Waals surface area (Å²) in [5.41, 5.74) is 1.87. The topological polar surface area (TPSA) is 72.4 Å². The second-order valence-corrected chi connectivity index (χ2v) is 8.48. The highest BCUT2D eigenvalue weighted by molar-refractivity contribution is 7.89. The van der Waals surface area contributed by atoms with Crippen molar-refractivity contribution in [2.75, 3.05) is 19.7 Å². The van der Waals surface area contributed by atoms with Crippen LogP contribution in [0.25, 0.3) is 0 Å². The summed E-state index contributed by atoms with van der Waals surface area (Å²) in [6.07, 6.45) is 3.04. The molecule has 1 aliphatic rings. The van der Waals surface area contributed by atoms with Gasteiger partial charge in [0.15, 0.2) is 0 Å². The number of hydrogen-bond acceptors (Lipinski definition) is 5. The molecule has 1 saturated heterocycles. The molecule has 3 rings (SSSR count). The van der Waals surface area contributed by atoms with Gasteiger partial charge in [-0.25, -0.2) is 22.8 Å². The third-order valence-corrected chi connectivity index (χ3v) is 6.71. The van der Waals surface area contributed by atoms with Crippen molar-refractivity contribution in [1.82, 2.24) is 14.3 Å². The zero-order valence-corrected chi connectivity index (χ0v) is 16.4. The Labute approximate surface area is 159 Å². The number of hydrogen-bond donors (Lipinski definition) is 0. The van der Waals surface area contributed by atoms with E-state index < -0.39 is 15.8 Å². The van der Waals surface area contributed by atoms with Gasteiger partial charge in [0.2, 0.25) is 10.0 Å². The van der Waals surface area contributed by atoms with Crippen LogP contribution < -0.4 is 0 Å². The first kappa shape index (κ1) is 19.9. The second-order valence-electron chi connectivity index (χ2n) is 6.57. The lowest BCUT2D eigenvalue weighted by Crippen LogP contribution is -2.38. The molecule has 1 aliphatic heterocycles. The highest BCUT2D eigenvalue weighted by atomic mass is 32.2. The number of piperidine rings is 1. The summed E-state index contributed by atoms with van der Waals surface area (Å²) in [7, 11) is -3.83. The van der Waals surface area contributed by atoms with Crippen molar-refractivity contribution < 1.29 is 17.5 Å². The zero-order valence-electron chi connectivity index (χ0n) is 15.6. The smallest absolute Gasteiger partial charge is 0.245 e. The minimum absolute atomic E-state index is 0.134. The second kappa shape index (κ2) is 8.41. The SMILES string of the molecule is CCOCc1cnc(C)nc1C1CCN(S(=O)(=O)c2ccccc2F)CC1. The van der Waals surface area contributed by atoms with Crippen LogP contribution in [0.1, 0.15) is 42.8 Å². The van der Waals surface area contributed by atoms with Crippen LogP contribution in [-0.4, -0.2) is 42.4 Å². The van der Waals surface area contributed by atoms with E-state index in [1.807, 2.05) is 13.8 Å². The maximum Gasteiger partial charge on any atom is 0.245 e. The molecule has 6 nitrogen and oxygen atoms in total. The van der Waals surface area contributed by atoms with Gasteiger partial charge in [-0.15, -0.1) is 0 Å². The van der Waals surface area contributed by atoms with Crippen LogP contribution in [0.2, 0.25) is 0 Å². The Morgan fingerprint density at radius 1 is 1.26 bits per heavy atom. The van der Waals surface area contributed by atoms with E-state index in [1.54, 1.807) is 6.20 Å². The van der Waals surface area contributed by atoms with Gasteiger partial charge in [-0.3, -0.25) is 0 Å². The molecule has 0 spiro atoms. The lowest BCUT2D eigenvalue weighted by atomic mass is 9.92. The Morgan fingerprint density at radius 2 is 1.96 bits per heavy atom. The molecule has 2 aromatic rings. The fraction of sp³-hybridized carbons (Fsp3) is 0.474. The highest BCUT2D eigenvalue weighted by Crippen LogP contribution is 2.32. The first-order valence-electron chi connectivity index (χ1n) is 9.08. The third kappa shape index (κ3) is 4.34. The maximum atomic E-state index is 14.0. The summed E-state index contributed by atoms with van der Waals surface area (Å²) in [4.78, 5) is 8.58. The average Bonchev–Trinajstić information content (AvgIpc) is 2.67. The molecular formula is C19H24FN3O3S. The van der Waals surface area contributed by atoms with E-state index in [4.69, 9.17) is 4.74 Å². The Bertz CT molecular complexity index is 897. The van der Waals surface area contributed by atoms with E-state index in [-0.39, 0.29) is 10.8 Å². The largest absolute Gasteiger partial charge is 0.377 e. The van der Waals surface area contributed by atoms with Crippen LogP contribution in [0.4, 0.5) is 4.39 Å². The monoisotopic (exact) mass is 393 g/mol. The third-order valence-electron chi connectivity index (χ3n) is 4.78. The molecule has 1 fully saturated rings. The van der Waals surface area contributed by atoms with Gasteiger partial charge in [0.25, 0.3) is 0 Å². The van der Waals surface area contributed by atoms with Crippen LogP contribution in [0.5, 0.6) is 0 Å². The molecule has 0 saturated carbocycles. The first-order valence-corrected chi connectivity index (χ1v) is 10.5. The van der Waals surface area contributed by atoms with Crippen molar-refractivity contribution in [1.29, 1.82) is 0 Å². The predicted molar refractivity (Wildman–Crippen MR) is 99.2 cm³/mol. The van der Waals surface area contributed by atoms with Crippen molar-refractivity contribution >= 4 is 10.0 Å². The molecule has 0 unspecified atom stereocenters. The molecule has 2 heterocycles. The summed E-state index contributed by atoms with van der Waals surface area (Å²) in [6, 6.07) is 5.50. The number of sulfonamides is 1. The zero-order chi connectivity index (χ0) is 19.4. The van der Waals surface area contributed by atoms with E-state index in [0.717, 1.165) is 11.3 Å². The van der Waals surface area contributed by atoms with Crippen molar-refractivity contribution in [2.24, 2.45) is 0 Å². The normalized spacial score (nSPS) is 16.6. The van der Waals surface area contributed by atoms with Crippen molar-refractivity contribution in [3.8, 4) is 0 Å². The van der Waals surface area contributed by atoms with E-state index in [1.165, 1.54) is 28.6 Å². The van der Waals surface area contributed by atoms with Gasteiger partial charge in [-0.05, 0) is 38.8 Å². The maximum absolute atomic E-state index is 14.0. The molecular weight excluding hydrogens is 369 g/mol. The minimum atomic E-state index is -3.83. The highest BCUT2D eigenvalue weighted by Gasteiger charge is 2.32. The summed E-state index contributed by atoms with van der Waals surface area (Å²) < 4.78 is 46.3. The number of benzene rings is 1. The van der Waals surface area contributed by atoms with Crippen LogP contribution in [0.3, 0.4) is 0 Å². The molecule has 0 aliphatic carbocycles. The minimum Gasteiger partial charge on any atom is -0.377 e. The molecule has 0 N–H and O–H groups in total. The molecule has 8 heteroatoms. The van der Waals surface area contributed by atoms with Crippen LogP contribution in [0, 0.1) is 12.7 Å². The first-order chi connectivity index (χ1) is 12.9. The lowest BCUT2D eigenvalue weighted by Gasteiger charge is -2.31. The number of aryl methyl sites for hydroxylation is 1. The van der Waals surface area contributed by atoms with Crippen LogP contribution >= 0.6 is 0 Å². The van der Waals surface area contributed by atoms with Crippen molar-refractivity contribution in [3.05, 3.63) is 53.4 Å². The Balaban J connectivity index is 1.76. The van der Waals surface area contributed by atoms with Gasteiger partial charge in [-0.2, -0.15) is 4.31 Å². The molecule has 0 radical (unpaired) electrons. The van der Waals surface area contributed by atoms with Gasteiger partial charge in [0.05, 0.1) is 12.3 Å². The molecule has 1 aromatic carbocycles. The Hall–Kier alpha value is -1.90. The molecule has 1 aromatic heterocycles. The van der Waals surface area contributed by atoms with Gasteiger partial charge >= 0.3 is 0 Å². The van der Waals surface area contributed by atoms with E-state index in [2.05, 4.69) is 9.97 Å². The quantitative estimate of drug-likeness (QED) is 0.754. The Kier molecular flexibility index (Phi) is 6.18. The van der Waals surface area contributed by atoms with Crippen LogP contribution in [-0.2, 0) is 21.4 Å². The van der Waals surface area contributed by atoms with Gasteiger partial charge in [0, 0.05) is 37.4 Å². The molecule has 27 heavy (non-hydrogen) atoms. The summed E-state index contributed by atoms with van der Waals surface area (Å²) in [6.45, 7) is 5.48. The van der Waals surface area contributed by atoms with Gasteiger partial charge in [0.1, 0.15) is 16.5 Å². The van der Waals surface area contributed by atoms with Crippen LogP contribution in [0.15, 0.2) is 35.4 Å². The number of rotatable bonds is 6. The van der Waals surface area contributed by atoms with Crippen molar-refractivity contribution in [2.45, 2.75) is 44.1 Å². The average molecular weight is 393 g/mol. The fourth-order valence-electron chi connectivity index (χ4n) is 3.35. The van der Waals surface area contributed by atoms with E-state index in [0.29, 0.717) is 45.0 Å². The molecule has 0 amide bonds. The van der Waals surface area contributed by atoms with Gasteiger partial charge in [-0.1, -0.05) is 12.1 Å². The predicted octanol–water partition coefficient (Wildman–Crippen LogP) is 3.03. The van der Waals surface area contributed by atoms with Crippen molar-refractivity contribution in [3.63, 3.8) is 0 Å². The van der Waals surface area contributed by atoms with E-state index >= 15 is 0 Å². The Morgan fingerprint density at radius 3 is 2.63 bits per heavy atom. The molecule has 0 atom stereocenters. The number of aromatic nitrogens is 2. The number of nitrogens with zero attached hydrogens (tertiary/aromatic N) is 3. The van der Waals surface area contributed by atoms with Gasteiger partial charge < -0.3 is 4.74 Å². The summed E-state index contributed by atoms with van der Waals surface area (Å²) in [5.74, 6) is 0.103. The fourth-order valence-corrected chi connectivity index (χ4v) is 4.89. The molecule has 0 bridgehead atoms.